The quantitative estimate of drug-likeness (QED) is 0.614. The Kier molecular flexibility index (Phi) is 5.46. The van der Waals surface area contributed by atoms with Crippen LogP contribution in [0.4, 0.5) is 13.2 Å². The number of carboxylic acid groups (broad SMARTS) is 1. The van der Waals surface area contributed by atoms with E-state index >= 15 is 13.2 Å². The largest absolute Gasteiger partial charge is 0.478 e. The number of carbonyl (C=O) groups is 1. The average molecular weight is 464 g/mol. The molecule has 1 saturated heterocycles. The molecule has 32 heavy (non-hydrogen) atoms. The van der Waals surface area contributed by atoms with E-state index in [4.69, 9.17) is 0 Å². The second-order valence-electron chi connectivity index (χ2n) is 7.81. The van der Waals surface area contributed by atoms with Gasteiger partial charge in [0.15, 0.2) is 5.82 Å². The SMILES string of the molecule is Cc1c(F)c(-c2c(F)cc(S(=O)(=O)N3CCC[C@@H]3C)cc2F)nc2cc(C(=O)O)ccc12. The molecule has 0 aliphatic carbocycles. The Morgan fingerprint density at radius 1 is 1.16 bits per heavy atom. The Balaban J connectivity index is 1.89. The fourth-order valence-electron chi connectivity index (χ4n) is 4.03. The summed E-state index contributed by atoms with van der Waals surface area (Å²) in [5.74, 6) is -4.78. The first-order chi connectivity index (χ1) is 15.0. The van der Waals surface area contributed by atoms with Crippen LogP contribution in [0.3, 0.4) is 0 Å². The Morgan fingerprint density at radius 2 is 1.81 bits per heavy atom. The third kappa shape index (κ3) is 3.53. The van der Waals surface area contributed by atoms with Gasteiger partial charge in [0.25, 0.3) is 0 Å². The number of fused-ring (bicyclic) bond motifs is 1. The van der Waals surface area contributed by atoms with Crippen molar-refractivity contribution < 1.29 is 31.5 Å². The van der Waals surface area contributed by atoms with Crippen molar-refractivity contribution in [1.29, 1.82) is 0 Å². The van der Waals surface area contributed by atoms with Gasteiger partial charge >= 0.3 is 5.97 Å². The number of sulfonamides is 1. The van der Waals surface area contributed by atoms with E-state index in [9.17, 15) is 18.3 Å². The van der Waals surface area contributed by atoms with Crippen LogP contribution in [-0.4, -0.2) is 41.4 Å². The van der Waals surface area contributed by atoms with Gasteiger partial charge in [-0.2, -0.15) is 4.31 Å². The third-order valence-electron chi connectivity index (χ3n) is 5.77. The zero-order valence-corrected chi connectivity index (χ0v) is 18.0. The summed E-state index contributed by atoms with van der Waals surface area (Å²) >= 11 is 0. The normalized spacial score (nSPS) is 17.2. The number of hydrogen-bond donors (Lipinski definition) is 1. The van der Waals surface area contributed by atoms with Gasteiger partial charge in [0.2, 0.25) is 10.0 Å². The van der Waals surface area contributed by atoms with Crippen molar-refractivity contribution in [2.24, 2.45) is 0 Å². The second-order valence-corrected chi connectivity index (χ2v) is 9.70. The summed E-state index contributed by atoms with van der Waals surface area (Å²) in [5.41, 5.74) is -1.53. The zero-order valence-electron chi connectivity index (χ0n) is 17.2. The monoisotopic (exact) mass is 464 g/mol. The summed E-state index contributed by atoms with van der Waals surface area (Å²) in [6.07, 6.45) is 1.29. The molecule has 1 N–H and O–H groups in total. The first kappa shape index (κ1) is 22.2. The van der Waals surface area contributed by atoms with Crippen molar-refractivity contribution in [3.8, 4) is 11.3 Å². The van der Waals surface area contributed by atoms with Crippen LogP contribution < -0.4 is 0 Å². The highest BCUT2D eigenvalue weighted by Crippen LogP contribution is 2.35. The molecule has 1 aliphatic rings. The molecule has 1 fully saturated rings. The molecule has 1 aliphatic heterocycles. The van der Waals surface area contributed by atoms with E-state index in [1.165, 1.54) is 29.4 Å². The fraction of sp³-hybridized carbons (Fsp3) is 0.273. The van der Waals surface area contributed by atoms with E-state index in [1.54, 1.807) is 6.92 Å². The maximum atomic E-state index is 15.0. The van der Waals surface area contributed by atoms with E-state index in [2.05, 4.69) is 4.98 Å². The van der Waals surface area contributed by atoms with Crippen LogP contribution in [0.2, 0.25) is 0 Å². The van der Waals surface area contributed by atoms with Gasteiger partial charge in [-0.25, -0.2) is 31.4 Å². The number of pyridine rings is 1. The molecule has 0 unspecified atom stereocenters. The van der Waals surface area contributed by atoms with Crippen molar-refractivity contribution in [3.05, 3.63) is 58.9 Å². The lowest BCUT2D eigenvalue weighted by Gasteiger charge is -2.21. The molecule has 2 aromatic carbocycles. The van der Waals surface area contributed by atoms with E-state index in [-0.39, 0.29) is 29.2 Å². The van der Waals surface area contributed by atoms with Crippen molar-refractivity contribution in [3.63, 3.8) is 0 Å². The van der Waals surface area contributed by atoms with Gasteiger partial charge < -0.3 is 5.11 Å². The number of rotatable bonds is 4. The summed E-state index contributed by atoms with van der Waals surface area (Å²) in [7, 11) is -4.13. The molecular formula is C22H19F3N2O4S. The number of aromatic nitrogens is 1. The van der Waals surface area contributed by atoms with Gasteiger partial charge in [0.05, 0.1) is 21.5 Å². The third-order valence-corrected chi connectivity index (χ3v) is 7.76. The zero-order chi connectivity index (χ0) is 23.4. The minimum Gasteiger partial charge on any atom is -0.478 e. The maximum Gasteiger partial charge on any atom is 0.335 e. The summed E-state index contributed by atoms with van der Waals surface area (Å²) in [4.78, 5) is 14.7. The highest BCUT2D eigenvalue weighted by Gasteiger charge is 2.34. The van der Waals surface area contributed by atoms with Gasteiger partial charge in [0.1, 0.15) is 17.3 Å². The molecule has 4 rings (SSSR count). The highest BCUT2D eigenvalue weighted by atomic mass is 32.2. The first-order valence-corrected chi connectivity index (χ1v) is 11.3. The number of aromatic carboxylic acids is 1. The minimum atomic E-state index is -4.13. The van der Waals surface area contributed by atoms with Crippen molar-refractivity contribution >= 4 is 26.9 Å². The van der Waals surface area contributed by atoms with E-state index in [1.807, 2.05) is 0 Å². The van der Waals surface area contributed by atoms with Crippen LogP contribution in [0, 0.1) is 24.4 Å². The molecule has 10 heteroatoms. The predicted molar refractivity (Wildman–Crippen MR) is 111 cm³/mol. The van der Waals surface area contributed by atoms with Gasteiger partial charge in [-0.15, -0.1) is 0 Å². The molecule has 6 nitrogen and oxygen atoms in total. The molecule has 3 aromatic rings. The lowest BCUT2D eigenvalue weighted by atomic mass is 10.0. The van der Waals surface area contributed by atoms with E-state index in [0.29, 0.717) is 30.4 Å². The molecule has 0 bridgehead atoms. The van der Waals surface area contributed by atoms with Crippen LogP contribution in [-0.2, 0) is 10.0 Å². The minimum absolute atomic E-state index is 0.0309. The fourth-order valence-corrected chi connectivity index (χ4v) is 5.75. The lowest BCUT2D eigenvalue weighted by Crippen LogP contribution is -2.33. The summed E-state index contributed by atoms with van der Waals surface area (Å²) < 4.78 is 71.9. The van der Waals surface area contributed by atoms with Gasteiger partial charge in [-0.3, -0.25) is 0 Å². The summed E-state index contributed by atoms with van der Waals surface area (Å²) in [5, 5.41) is 9.47. The maximum absolute atomic E-state index is 15.0. The highest BCUT2D eigenvalue weighted by molar-refractivity contribution is 7.89. The second kappa shape index (κ2) is 7.86. The lowest BCUT2D eigenvalue weighted by molar-refractivity contribution is 0.0697. The van der Waals surface area contributed by atoms with Gasteiger partial charge in [0, 0.05) is 18.0 Å². The van der Waals surface area contributed by atoms with Crippen LogP contribution in [0.15, 0.2) is 35.2 Å². The van der Waals surface area contributed by atoms with E-state index in [0.717, 1.165) is 0 Å². The van der Waals surface area contributed by atoms with E-state index < -0.39 is 49.6 Å². The van der Waals surface area contributed by atoms with Gasteiger partial charge in [-0.1, -0.05) is 6.07 Å². The smallest absolute Gasteiger partial charge is 0.335 e. The number of aryl methyl sites for hydroxylation is 1. The number of carboxylic acids is 1. The molecule has 0 amide bonds. The van der Waals surface area contributed by atoms with Crippen LogP contribution in [0.5, 0.6) is 0 Å². The summed E-state index contributed by atoms with van der Waals surface area (Å²) in [6.45, 7) is 3.35. The molecule has 1 atom stereocenters. The van der Waals surface area contributed by atoms with Gasteiger partial charge in [-0.05, 0) is 56.5 Å². The van der Waals surface area contributed by atoms with Crippen molar-refractivity contribution in [2.45, 2.75) is 37.6 Å². The Bertz CT molecular complexity index is 1350. The molecular weight excluding hydrogens is 445 g/mol. The summed E-state index contributed by atoms with van der Waals surface area (Å²) in [6, 6.07) is 4.85. The topological polar surface area (TPSA) is 87.6 Å². The molecule has 2 heterocycles. The number of nitrogens with zero attached hydrogens (tertiary/aromatic N) is 2. The molecule has 0 spiro atoms. The molecule has 0 radical (unpaired) electrons. The van der Waals surface area contributed by atoms with Crippen LogP contribution in [0.1, 0.15) is 35.7 Å². The van der Waals surface area contributed by atoms with Crippen LogP contribution in [0.25, 0.3) is 22.2 Å². The first-order valence-electron chi connectivity index (χ1n) is 9.86. The Morgan fingerprint density at radius 3 is 2.38 bits per heavy atom. The average Bonchev–Trinajstić information content (AvgIpc) is 3.17. The van der Waals surface area contributed by atoms with Crippen LogP contribution >= 0.6 is 0 Å². The number of halogens is 3. The predicted octanol–water partition coefficient (Wildman–Crippen LogP) is 4.50. The number of hydrogen-bond acceptors (Lipinski definition) is 4. The van der Waals surface area contributed by atoms with Crippen molar-refractivity contribution in [2.75, 3.05) is 6.54 Å². The Labute approximate surface area is 182 Å². The Hall–Kier alpha value is -2.98. The molecule has 1 aromatic heterocycles. The number of benzene rings is 2. The molecule has 168 valence electrons. The standard InChI is InChI=1S/C22H19F3N2O4S/c1-11-4-3-7-27(11)32(30,31)14-9-16(23)19(17(24)10-14)21-20(25)12(2)15-6-5-13(22(28)29)8-18(15)26-21/h5-6,8-11H,3-4,7H2,1-2H3,(H,28,29)/t11-/m0/s1. The van der Waals surface area contributed by atoms with Crippen molar-refractivity contribution in [1.82, 2.24) is 9.29 Å². The molecule has 0 saturated carbocycles.